The summed E-state index contributed by atoms with van der Waals surface area (Å²) in [5.74, 6) is 0.0475. The molecule has 1 heterocycles. The van der Waals surface area contributed by atoms with Crippen molar-refractivity contribution in [3.63, 3.8) is 0 Å². The lowest BCUT2D eigenvalue weighted by atomic mass is 9.95. The van der Waals surface area contributed by atoms with Crippen molar-refractivity contribution in [2.75, 3.05) is 0 Å². The van der Waals surface area contributed by atoms with E-state index in [2.05, 4.69) is 31.3 Å². The molecule has 0 bridgehead atoms. The highest BCUT2D eigenvalue weighted by Gasteiger charge is 2.18. The molecule has 0 radical (unpaired) electrons. The number of rotatable bonds is 6. The average Bonchev–Trinajstić information content (AvgIpc) is 2.71. The number of amides is 1. The van der Waals surface area contributed by atoms with E-state index in [0.717, 1.165) is 12.0 Å². The minimum atomic E-state index is -0.658. The molecule has 2 atom stereocenters. The van der Waals surface area contributed by atoms with E-state index in [1.165, 1.54) is 11.6 Å². The van der Waals surface area contributed by atoms with Crippen molar-refractivity contribution in [2.24, 2.45) is 0 Å². The highest BCUT2D eigenvalue weighted by atomic mass is 35.5. The number of halogens is 1. The summed E-state index contributed by atoms with van der Waals surface area (Å²) in [7, 11) is 0. The fraction of sp³-hybridized carbons (Fsp3) is 0.304. The van der Waals surface area contributed by atoms with Crippen LogP contribution in [0.25, 0.3) is 11.0 Å². The number of carbonyl (C=O) groups excluding carboxylic acids is 1. The molecule has 28 heavy (non-hydrogen) atoms. The van der Waals surface area contributed by atoms with Crippen LogP contribution >= 0.6 is 11.6 Å². The van der Waals surface area contributed by atoms with Gasteiger partial charge in [-0.2, -0.15) is 0 Å². The van der Waals surface area contributed by atoms with Gasteiger partial charge >= 0.3 is 5.63 Å². The van der Waals surface area contributed by atoms with Crippen LogP contribution in [0, 0.1) is 0 Å². The topological polar surface area (TPSA) is 59.3 Å². The van der Waals surface area contributed by atoms with Gasteiger partial charge in [-0.3, -0.25) is 4.79 Å². The molecule has 0 spiro atoms. The number of hydrogen-bond donors (Lipinski definition) is 1. The standard InChI is InChI=1S/C23H24ClNO3/c1-4-14(3)15-6-8-16(9-7-15)20(5-2)25-22(26)19-13-17-12-18(24)10-11-21(17)28-23(19)27/h6-14,20H,4-5H2,1-3H3,(H,25,26)/t14-,20+/m0/s1. The number of fused-ring (bicyclic) bond motifs is 1. The molecular formula is C23H24ClNO3. The van der Waals surface area contributed by atoms with Crippen molar-refractivity contribution >= 4 is 28.5 Å². The Morgan fingerprint density at radius 2 is 1.71 bits per heavy atom. The van der Waals surface area contributed by atoms with Crippen LogP contribution in [0.15, 0.2) is 57.7 Å². The van der Waals surface area contributed by atoms with Crippen molar-refractivity contribution in [3.8, 4) is 0 Å². The molecule has 1 aromatic heterocycles. The summed E-state index contributed by atoms with van der Waals surface area (Å²) in [6.07, 6.45) is 1.79. The van der Waals surface area contributed by atoms with Gasteiger partial charge in [-0.1, -0.05) is 56.6 Å². The quantitative estimate of drug-likeness (QED) is 0.531. The van der Waals surface area contributed by atoms with Crippen molar-refractivity contribution < 1.29 is 9.21 Å². The number of hydrogen-bond acceptors (Lipinski definition) is 3. The Balaban J connectivity index is 1.85. The number of nitrogens with one attached hydrogen (secondary N) is 1. The Hall–Kier alpha value is -2.59. The summed E-state index contributed by atoms with van der Waals surface area (Å²) >= 11 is 6.00. The molecule has 3 rings (SSSR count). The Morgan fingerprint density at radius 3 is 2.36 bits per heavy atom. The second-order valence-corrected chi connectivity index (χ2v) is 7.48. The third-order valence-corrected chi connectivity index (χ3v) is 5.41. The van der Waals surface area contributed by atoms with Gasteiger partial charge in [0.2, 0.25) is 0 Å². The molecule has 5 heteroatoms. The molecule has 0 fully saturated rings. The van der Waals surface area contributed by atoms with Crippen LogP contribution < -0.4 is 10.9 Å². The average molecular weight is 398 g/mol. The second kappa shape index (κ2) is 8.61. The molecule has 146 valence electrons. The predicted octanol–water partition coefficient (Wildman–Crippen LogP) is 5.84. The normalized spacial score (nSPS) is 13.3. The van der Waals surface area contributed by atoms with Crippen LogP contribution in [-0.4, -0.2) is 5.91 Å². The first kappa shape index (κ1) is 20.2. The Labute approximate surface area is 169 Å². The summed E-state index contributed by atoms with van der Waals surface area (Å²) < 4.78 is 5.27. The Morgan fingerprint density at radius 1 is 1.04 bits per heavy atom. The van der Waals surface area contributed by atoms with Crippen LogP contribution in [0.1, 0.15) is 67.1 Å². The molecule has 0 saturated heterocycles. The van der Waals surface area contributed by atoms with Gasteiger partial charge < -0.3 is 9.73 Å². The maximum Gasteiger partial charge on any atom is 0.349 e. The minimum Gasteiger partial charge on any atom is -0.422 e. The van der Waals surface area contributed by atoms with Crippen molar-refractivity contribution in [1.82, 2.24) is 5.32 Å². The van der Waals surface area contributed by atoms with E-state index in [9.17, 15) is 9.59 Å². The third kappa shape index (κ3) is 4.28. The first-order valence-electron chi connectivity index (χ1n) is 9.57. The first-order chi connectivity index (χ1) is 13.4. The highest BCUT2D eigenvalue weighted by molar-refractivity contribution is 6.31. The summed E-state index contributed by atoms with van der Waals surface area (Å²) in [4.78, 5) is 25.0. The molecule has 0 aliphatic rings. The third-order valence-electron chi connectivity index (χ3n) is 5.17. The van der Waals surface area contributed by atoms with Gasteiger partial charge in [0.25, 0.3) is 5.91 Å². The van der Waals surface area contributed by atoms with Crippen LogP contribution in [-0.2, 0) is 0 Å². The van der Waals surface area contributed by atoms with Crippen molar-refractivity contribution in [2.45, 2.75) is 45.6 Å². The Kier molecular flexibility index (Phi) is 6.20. The molecule has 0 aliphatic heterocycles. The molecule has 0 saturated carbocycles. The fourth-order valence-electron chi connectivity index (χ4n) is 3.20. The zero-order valence-corrected chi connectivity index (χ0v) is 17.0. The molecule has 2 aromatic carbocycles. The maximum atomic E-state index is 12.8. The van der Waals surface area contributed by atoms with E-state index in [0.29, 0.717) is 28.3 Å². The zero-order chi connectivity index (χ0) is 20.3. The van der Waals surface area contributed by atoms with E-state index >= 15 is 0 Å². The molecule has 0 unspecified atom stereocenters. The maximum absolute atomic E-state index is 12.8. The van der Waals surface area contributed by atoms with E-state index in [4.69, 9.17) is 16.0 Å². The van der Waals surface area contributed by atoms with Gasteiger partial charge in [0.05, 0.1) is 6.04 Å². The number of carbonyl (C=O) groups is 1. The molecule has 0 aliphatic carbocycles. The van der Waals surface area contributed by atoms with E-state index < -0.39 is 11.5 Å². The lowest BCUT2D eigenvalue weighted by Crippen LogP contribution is -2.31. The van der Waals surface area contributed by atoms with Crippen LogP contribution in [0.2, 0.25) is 5.02 Å². The molecule has 3 aromatic rings. The summed E-state index contributed by atoms with van der Waals surface area (Å²) in [5, 5.41) is 4.08. The van der Waals surface area contributed by atoms with E-state index in [1.54, 1.807) is 18.2 Å². The number of benzene rings is 2. The zero-order valence-electron chi connectivity index (χ0n) is 16.3. The predicted molar refractivity (Wildman–Crippen MR) is 113 cm³/mol. The molecule has 4 nitrogen and oxygen atoms in total. The Bertz CT molecular complexity index is 1040. The largest absolute Gasteiger partial charge is 0.422 e. The lowest BCUT2D eigenvalue weighted by molar-refractivity contribution is 0.0932. The van der Waals surface area contributed by atoms with E-state index in [1.807, 2.05) is 19.1 Å². The van der Waals surface area contributed by atoms with Crippen molar-refractivity contribution in [1.29, 1.82) is 0 Å². The van der Waals surface area contributed by atoms with Gasteiger partial charge in [-0.15, -0.1) is 0 Å². The SMILES string of the molecule is CC[C@H](C)c1ccc([C@@H](CC)NC(=O)c2cc3cc(Cl)ccc3oc2=O)cc1. The molecular weight excluding hydrogens is 374 g/mol. The van der Waals surface area contributed by atoms with Gasteiger partial charge in [0.1, 0.15) is 11.1 Å². The van der Waals surface area contributed by atoms with E-state index in [-0.39, 0.29) is 11.6 Å². The van der Waals surface area contributed by atoms with Crippen LogP contribution in [0.3, 0.4) is 0 Å². The van der Waals surface area contributed by atoms with Crippen LogP contribution in [0.5, 0.6) is 0 Å². The lowest BCUT2D eigenvalue weighted by Gasteiger charge is -2.18. The molecule has 1 N–H and O–H groups in total. The summed E-state index contributed by atoms with van der Waals surface area (Å²) in [5.41, 5.74) is 2.01. The monoisotopic (exact) mass is 397 g/mol. The van der Waals surface area contributed by atoms with Gasteiger partial charge in [0.15, 0.2) is 0 Å². The highest BCUT2D eigenvalue weighted by Crippen LogP contribution is 2.23. The van der Waals surface area contributed by atoms with Gasteiger partial charge in [-0.25, -0.2) is 4.79 Å². The molecule has 1 amide bonds. The summed E-state index contributed by atoms with van der Waals surface area (Å²) in [6.45, 7) is 6.35. The first-order valence-corrected chi connectivity index (χ1v) is 9.94. The smallest absolute Gasteiger partial charge is 0.349 e. The minimum absolute atomic E-state index is 0.0237. The second-order valence-electron chi connectivity index (χ2n) is 7.04. The van der Waals surface area contributed by atoms with Gasteiger partial charge in [0, 0.05) is 10.4 Å². The van der Waals surface area contributed by atoms with Gasteiger partial charge in [-0.05, 0) is 54.2 Å². The van der Waals surface area contributed by atoms with Crippen molar-refractivity contribution in [3.05, 3.63) is 80.7 Å². The van der Waals surface area contributed by atoms with Crippen LogP contribution in [0.4, 0.5) is 0 Å². The fourth-order valence-corrected chi connectivity index (χ4v) is 3.38. The summed E-state index contributed by atoms with van der Waals surface area (Å²) in [6, 6.07) is 14.6.